The van der Waals surface area contributed by atoms with Gasteiger partial charge in [-0.2, -0.15) is 0 Å². The molecule has 0 saturated carbocycles. The van der Waals surface area contributed by atoms with Crippen molar-refractivity contribution in [2.24, 2.45) is 0 Å². The number of benzene rings is 1. The highest BCUT2D eigenvalue weighted by molar-refractivity contribution is 5.29. The van der Waals surface area contributed by atoms with Crippen LogP contribution in [0.3, 0.4) is 0 Å². The average Bonchev–Trinajstić information content (AvgIpc) is 2.39. The molecule has 0 aliphatic carbocycles. The topological polar surface area (TPSA) is 32.7 Å². The first-order chi connectivity index (χ1) is 9.16. The van der Waals surface area contributed by atoms with Crippen molar-refractivity contribution in [2.45, 2.75) is 32.3 Å². The van der Waals surface area contributed by atoms with Crippen LogP contribution in [0.15, 0.2) is 18.2 Å². The van der Waals surface area contributed by atoms with Crippen LogP contribution < -0.4 is 4.74 Å². The number of nitrogens with zero attached hydrogens (tertiary/aromatic N) is 1. The van der Waals surface area contributed by atoms with Crippen LogP contribution in [0.25, 0.3) is 0 Å². The molecule has 1 aromatic carbocycles. The van der Waals surface area contributed by atoms with Gasteiger partial charge in [-0.3, -0.25) is 4.90 Å². The van der Waals surface area contributed by atoms with Crippen LogP contribution >= 0.6 is 0 Å². The van der Waals surface area contributed by atoms with Gasteiger partial charge in [0.2, 0.25) is 0 Å². The van der Waals surface area contributed by atoms with Crippen molar-refractivity contribution in [3.05, 3.63) is 29.6 Å². The third kappa shape index (κ3) is 4.18. The van der Waals surface area contributed by atoms with E-state index < -0.39 is 11.9 Å². The maximum absolute atomic E-state index is 13.6. The fourth-order valence-corrected chi connectivity index (χ4v) is 2.41. The minimum absolute atomic E-state index is 0.309. The van der Waals surface area contributed by atoms with Gasteiger partial charge < -0.3 is 9.84 Å². The van der Waals surface area contributed by atoms with Crippen LogP contribution in [0.5, 0.6) is 5.75 Å². The van der Waals surface area contributed by atoms with E-state index in [2.05, 4.69) is 4.90 Å². The van der Waals surface area contributed by atoms with Crippen molar-refractivity contribution in [1.29, 1.82) is 0 Å². The standard InChI is InChI=1S/C15H22FNO2/c1-12(18)14-6-5-13(11-15(14)16)19-10-9-17-7-3-2-4-8-17/h5-6,11-12,18H,2-4,7-10H2,1H3/t12-/m0/s1. The van der Waals surface area contributed by atoms with Gasteiger partial charge in [0.05, 0.1) is 6.10 Å². The maximum Gasteiger partial charge on any atom is 0.132 e. The molecule has 0 aromatic heterocycles. The Hall–Kier alpha value is -1.13. The lowest BCUT2D eigenvalue weighted by Gasteiger charge is -2.26. The lowest BCUT2D eigenvalue weighted by Crippen LogP contribution is -2.33. The average molecular weight is 267 g/mol. The minimum atomic E-state index is -0.789. The number of rotatable bonds is 5. The monoisotopic (exact) mass is 267 g/mol. The van der Waals surface area contributed by atoms with E-state index in [0.717, 1.165) is 19.6 Å². The van der Waals surface area contributed by atoms with E-state index in [9.17, 15) is 9.50 Å². The van der Waals surface area contributed by atoms with Gasteiger partial charge in [0, 0.05) is 18.2 Å². The number of piperidine rings is 1. The maximum atomic E-state index is 13.6. The summed E-state index contributed by atoms with van der Waals surface area (Å²) < 4.78 is 19.2. The molecular weight excluding hydrogens is 245 g/mol. The summed E-state index contributed by atoms with van der Waals surface area (Å²) in [6, 6.07) is 4.63. The van der Waals surface area contributed by atoms with E-state index in [1.165, 1.54) is 25.3 Å². The van der Waals surface area contributed by atoms with Crippen LogP contribution in [0.1, 0.15) is 37.9 Å². The molecule has 1 saturated heterocycles. The third-order valence-corrected chi connectivity index (χ3v) is 3.55. The first-order valence-corrected chi connectivity index (χ1v) is 6.99. The molecule has 0 radical (unpaired) electrons. The molecule has 1 heterocycles. The summed E-state index contributed by atoms with van der Waals surface area (Å²) in [4.78, 5) is 2.38. The Bertz CT molecular complexity index is 403. The molecule has 0 bridgehead atoms. The number of ether oxygens (including phenoxy) is 1. The van der Waals surface area contributed by atoms with E-state index >= 15 is 0 Å². The van der Waals surface area contributed by atoms with Crippen LogP contribution in [-0.4, -0.2) is 36.2 Å². The molecule has 1 aliphatic rings. The molecule has 0 amide bonds. The zero-order valence-corrected chi connectivity index (χ0v) is 11.4. The second-order valence-corrected chi connectivity index (χ2v) is 5.11. The molecule has 1 N–H and O–H groups in total. The first kappa shape index (κ1) is 14.3. The number of aliphatic hydroxyl groups is 1. The summed E-state index contributed by atoms with van der Waals surface area (Å²) in [7, 11) is 0. The number of halogens is 1. The fraction of sp³-hybridized carbons (Fsp3) is 0.600. The van der Waals surface area contributed by atoms with Gasteiger partial charge in [-0.15, -0.1) is 0 Å². The molecule has 0 unspecified atom stereocenters. The van der Waals surface area contributed by atoms with Gasteiger partial charge in [-0.05, 0) is 45.0 Å². The van der Waals surface area contributed by atoms with Gasteiger partial charge in [0.25, 0.3) is 0 Å². The van der Waals surface area contributed by atoms with E-state index in [0.29, 0.717) is 17.9 Å². The number of aliphatic hydroxyl groups excluding tert-OH is 1. The SMILES string of the molecule is C[C@H](O)c1ccc(OCCN2CCCCC2)cc1F. The summed E-state index contributed by atoms with van der Waals surface area (Å²) in [5.41, 5.74) is 0.309. The Morgan fingerprint density at radius 1 is 1.32 bits per heavy atom. The zero-order valence-electron chi connectivity index (χ0n) is 11.4. The Balaban J connectivity index is 1.81. The Morgan fingerprint density at radius 3 is 2.68 bits per heavy atom. The van der Waals surface area contributed by atoms with Crippen LogP contribution in [-0.2, 0) is 0 Å². The summed E-state index contributed by atoms with van der Waals surface area (Å²) in [6.45, 7) is 5.29. The van der Waals surface area contributed by atoms with Crippen LogP contribution in [0.4, 0.5) is 4.39 Å². The lowest BCUT2D eigenvalue weighted by molar-refractivity contribution is 0.182. The van der Waals surface area contributed by atoms with E-state index in [1.54, 1.807) is 19.1 Å². The first-order valence-electron chi connectivity index (χ1n) is 6.99. The second kappa shape index (κ2) is 6.87. The predicted molar refractivity (Wildman–Crippen MR) is 72.8 cm³/mol. The van der Waals surface area contributed by atoms with Crippen molar-refractivity contribution in [1.82, 2.24) is 4.90 Å². The molecule has 1 fully saturated rings. The molecule has 2 rings (SSSR count). The molecule has 106 valence electrons. The Morgan fingerprint density at radius 2 is 2.05 bits per heavy atom. The van der Waals surface area contributed by atoms with Crippen molar-refractivity contribution in [2.75, 3.05) is 26.2 Å². The van der Waals surface area contributed by atoms with Gasteiger partial charge in [0.15, 0.2) is 0 Å². The van der Waals surface area contributed by atoms with Gasteiger partial charge in [-0.25, -0.2) is 4.39 Å². The van der Waals surface area contributed by atoms with E-state index in [-0.39, 0.29) is 0 Å². The molecule has 3 nitrogen and oxygen atoms in total. The van der Waals surface area contributed by atoms with E-state index in [4.69, 9.17) is 4.74 Å². The highest BCUT2D eigenvalue weighted by atomic mass is 19.1. The molecule has 1 atom stereocenters. The highest BCUT2D eigenvalue weighted by Crippen LogP contribution is 2.21. The highest BCUT2D eigenvalue weighted by Gasteiger charge is 2.11. The Labute approximate surface area is 114 Å². The number of hydrogen-bond acceptors (Lipinski definition) is 3. The van der Waals surface area contributed by atoms with Gasteiger partial charge in [-0.1, -0.05) is 6.42 Å². The molecular formula is C15H22FNO2. The number of likely N-dealkylation sites (tertiary alicyclic amines) is 1. The van der Waals surface area contributed by atoms with Crippen LogP contribution in [0.2, 0.25) is 0 Å². The molecule has 19 heavy (non-hydrogen) atoms. The normalized spacial score (nSPS) is 18.3. The second-order valence-electron chi connectivity index (χ2n) is 5.11. The van der Waals surface area contributed by atoms with Gasteiger partial charge >= 0.3 is 0 Å². The predicted octanol–water partition coefficient (Wildman–Crippen LogP) is 2.74. The summed E-state index contributed by atoms with van der Waals surface area (Å²) >= 11 is 0. The molecule has 0 spiro atoms. The van der Waals surface area contributed by atoms with Crippen LogP contribution in [0, 0.1) is 5.82 Å². The molecule has 4 heteroatoms. The summed E-state index contributed by atoms with van der Waals surface area (Å²) in [6.07, 6.45) is 3.06. The van der Waals surface area contributed by atoms with Crippen molar-refractivity contribution < 1.29 is 14.2 Å². The largest absolute Gasteiger partial charge is 0.492 e. The van der Waals surface area contributed by atoms with Crippen molar-refractivity contribution in [3.8, 4) is 5.75 Å². The molecule has 1 aromatic rings. The van der Waals surface area contributed by atoms with Crippen molar-refractivity contribution >= 4 is 0 Å². The lowest BCUT2D eigenvalue weighted by atomic mass is 10.1. The minimum Gasteiger partial charge on any atom is -0.492 e. The fourth-order valence-electron chi connectivity index (χ4n) is 2.41. The van der Waals surface area contributed by atoms with Crippen molar-refractivity contribution in [3.63, 3.8) is 0 Å². The third-order valence-electron chi connectivity index (χ3n) is 3.55. The number of hydrogen-bond donors (Lipinski definition) is 1. The molecule has 1 aliphatic heterocycles. The summed E-state index contributed by atoms with van der Waals surface area (Å²) in [5.74, 6) is 0.115. The van der Waals surface area contributed by atoms with Gasteiger partial charge in [0.1, 0.15) is 18.2 Å². The Kier molecular flexibility index (Phi) is 5.16. The van der Waals surface area contributed by atoms with E-state index in [1.807, 2.05) is 0 Å². The summed E-state index contributed by atoms with van der Waals surface area (Å²) in [5, 5.41) is 9.35. The smallest absolute Gasteiger partial charge is 0.132 e. The zero-order chi connectivity index (χ0) is 13.7. The quantitative estimate of drug-likeness (QED) is 0.890.